The fourth-order valence-electron chi connectivity index (χ4n) is 2.83. The Morgan fingerprint density at radius 1 is 1.12 bits per heavy atom. The summed E-state index contributed by atoms with van der Waals surface area (Å²) in [5.74, 6) is -0.721. The molecular weight excluding hydrogens is 356 g/mol. The SMILES string of the molecule is NC(=O)c1ccccc1NC(=O)NC1CC(=O)N(c2ccc(Cl)cc2)C1. The van der Waals surface area contributed by atoms with Gasteiger partial charge < -0.3 is 21.3 Å². The van der Waals surface area contributed by atoms with Crippen LogP contribution >= 0.6 is 11.6 Å². The molecule has 2 aromatic carbocycles. The minimum atomic E-state index is -0.633. The van der Waals surface area contributed by atoms with Gasteiger partial charge in [-0.15, -0.1) is 0 Å². The average molecular weight is 373 g/mol. The fraction of sp³-hybridized carbons (Fsp3) is 0.167. The molecule has 134 valence electrons. The van der Waals surface area contributed by atoms with Crippen molar-refractivity contribution in [2.45, 2.75) is 12.5 Å². The van der Waals surface area contributed by atoms with E-state index in [0.717, 1.165) is 5.69 Å². The van der Waals surface area contributed by atoms with Crippen molar-refractivity contribution in [3.05, 3.63) is 59.1 Å². The summed E-state index contributed by atoms with van der Waals surface area (Å²) in [5, 5.41) is 5.93. The van der Waals surface area contributed by atoms with Gasteiger partial charge in [0.2, 0.25) is 5.91 Å². The number of amides is 4. The highest BCUT2D eigenvalue weighted by Gasteiger charge is 2.31. The number of hydrogen-bond donors (Lipinski definition) is 3. The third-order valence-electron chi connectivity index (χ3n) is 4.04. The lowest BCUT2D eigenvalue weighted by Crippen LogP contribution is -2.40. The van der Waals surface area contributed by atoms with Crippen LogP contribution in [0.2, 0.25) is 5.02 Å². The highest BCUT2D eigenvalue weighted by molar-refractivity contribution is 6.30. The van der Waals surface area contributed by atoms with Gasteiger partial charge in [0.15, 0.2) is 0 Å². The fourth-order valence-corrected chi connectivity index (χ4v) is 2.95. The van der Waals surface area contributed by atoms with Crippen LogP contribution in [0.5, 0.6) is 0 Å². The number of carbonyl (C=O) groups excluding carboxylic acids is 3. The third-order valence-corrected chi connectivity index (χ3v) is 4.29. The van der Waals surface area contributed by atoms with Gasteiger partial charge >= 0.3 is 6.03 Å². The molecule has 4 amide bonds. The summed E-state index contributed by atoms with van der Waals surface area (Å²) in [6.45, 7) is 0.353. The van der Waals surface area contributed by atoms with Gasteiger partial charge in [-0.1, -0.05) is 23.7 Å². The van der Waals surface area contributed by atoms with Crippen molar-refractivity contribution in [2.75, 3.05) is 16.8 Å². The van der Waals surface area contributed by atoms with Crippen molar-refractivity contribution in [1.29, 1.82) is 0 Å². The maximum absolute atomic E-state index is 12.2. The van der Waals surface area contributed by atoms with Gasteiger partial charge in [0.25, 0.3) is 5.91 Å². The number of para-hydroxylation sites is 1. The van der Waals surface area contributed by atoms with E-state index >= 15 is 0 Å². The van der Waals surface area contributed by atoms with Crippen LogP contribution in [0.25, 0.3) is 0 Å². The zero-order chi connectivity index (χ0) is 18.7. The van der Waals surface area contributed by atoms with Crippen LogP contribution in [0.3, 0.4) is 0 Å². The Balaban J connectivity index is 1.63. The van der Waals surface area contributed by atoms with Crippen LogP contribution in [-0.2, 0) is 4.79 Å². The minimum Gasteiger partial charge on any atom is -0.366 e. The first-order chi connectivity index (χ1) is 12.4. The summed E-state index contributed by atoms with van der Waals surface area (Å²) in [5.41, 5.74) is 6.55. The molecule has 0 aromatic heterocycles. The Kier molecular flexibility index (Phi) is 5.09. The van der Waals surface area contributed by atoms with E-state index in [9.17, 15) is 14.4 Å². The molecule has 2 aromatic rings. The van der Waals surface area contributed by atoms with Gasteiger partial charge in [0.05, 0.1) is 17.3 Å². The van der Waals surface area contributed by atoms with E-state index in [1.54, 1.807) is 47.4 Å². The van der Waals surface area contributed by atoms with Crippen LogP contribution in [0.4, 0.5) is 16.2 Å². The number of hydrogen-bond acceptors (Lipinski definition) is 3. The predicted octanol–water partition coefficient (Wildman–Crippen LogP) is 2.37. The first kappa shape index (κ1) is 17.8. The molecule has 1 atom stereocenters. The molecule has 8 heteroatoms. The van der Waals surface area contributed by atoms with Crippen LogP contribution in [0, 0.1) is 0 Å². The van der Waals surface area contributed by atoms with Crippen LogP contribution < -0.4 is 21.3 Å². The maximum Gasteiger partial charge on any atom is 0.319 e. The van der Waals surface area contributed by atoms with Crippen molar-refractivity contribution >= 4 is 40.8 Å². The number of nitrogens with zero attached hydrogens (tertiary/aromatic N) is 1. The zero-order valence-corrected chi connectivity index (χ0v) is 14.5. The van der Waals surface area contributed by atoms with E-state index in [0.29, 0.717) is 17.3 Å². The maximum atomic E-state index is 12.2. The molecular formula is C18H17ClN4O3. The number of nitrogens with one attached hydrogen (secondary N) is 2. The molecule has 1 unspecified atom stereocenters. The lowest BCUT2D eigenvalue weighted by atomic mass is 10.1. The van der Waals surface area contributed by atoms with E-state index < -0.39 is 11.9 Å². The van der Waals surface area contributed by atoms with Crippen molar-refractivity contribution in [3.63, 3.8) is 0 Å². The smallest absolute Gasteiger partial charge is 0.319 e. The van der Waals surface area contributed by atoms with Crippen molar-refractivity contribution < 1.29 is 14.4 Å². The predicted molar refractivity (Wildman–Crippen MR) is 99.3 cm³/mol. The largest absolute Gasteiger partial charge is 0.366 e. The van der Waals surface area contributed by atoms with Gasteiger partial charge in [-0.25, -0.2) is 4.79 Å². The lowest BCUT2D eigenvalue weighted by Gasteiger charge is -2.17. The molecule has 0 spiro atoms. The number of anilines is 2. The summed E-state index contributed by atoms with van der Waals surface area (Å²) >= 11 is 5.86. The first-order valence-electron chi connectivity index (χ1n) is 7.96. The van der Waals surface area contributed by atoms with E-state index in [4.69, 9.17) is 17.3 Å². The quantitative estimate of drug-likeness (QED) is 0.767. The Hall–Kier alpha value is -3.06. The molecule has 0 aliphatic carbocycles. The van der Waals surface area contributed by atoms with E-state index in [1.165, 1.54) is 6.07 Å². The number of nitrogens with two attached hydrogens (primary N) is 1. The Morgan fingerprint density at radius 2 is 1.81 bits per heavy atom. The van der Waals surface area contributed by atoms with E-state index in [2.05, 4.69) is 10.6 Å². The molecule has 0 bridgehead atoms. The van der Waals surface area contributed by atoms with E-state index in [-0.39, 0.29) is 23.9 Å². The number of urea groups is 1. The number of halogens is 1. The number of primary amides is 1. The van der Waals surface area contributed by atoms with Gasteiger partial charge in [-0.2, -0.15) is 0 Å². The summed E-state index contributed by atoms with van der Waals surface area (Å²) in [6.07, 6.45) is 0.188. The molecule has 0 radical (unpaired) electrons. The first-order valence-corrected chi connectivity index (χ1v) is 8.34. The van der Waals surface area contributed by atoms with Crippen molar-refractivity contribution in [3.8, 4) is 0 Å². The second-order valence-corrected chi connectivity index (χ2v) is 6.33. The molecule has 4 N–H and O–H groups in total. The highest BCUT2D eigenvalue weighted by Crippen LogP contribution is 2.23. The molecule has 1 aliphatic heterocycles. The lowest BCUT2D eigenvalue weighted by molar-refractivity contribution is -0.117. The number of carbonyl (C=O) groups is 3. The summed E-state index contributed by atoms with van der Waals surface area (Å²) in [6, 6.07) is 12.5. The molecule has 3 rings (SSSR count). The van der Waals surface area contributed by atoms with Crippen LogP contribution in [0.15, 0.2) is 48.5 Å². The molecule has 1 heterocycles. The van der Waals surface area contributed by atoms with Gasteiger partial charge in [-0.3, -0.25) is 9.59 Å². The molecule has 1 aliphatic rings. The topological polar surface area (TPSA) is 105 Å². The Bertz CT molecular complexity index is 854. The highest BCUT2D eigenvalue weighted by atomic mass is 35.5. The molecule has 0 saturated carbocycles. The summed E-state index contributed by atoms with van der Waals surface area (Å²) < 4.78 is 0. The Morgan fingerprint density at radius 3 is 2.50 bits per heavy atom. The van der Waals surface area contributed by atoms with Gasteiger partial charge in [0.1, 0.15) is 0 Å². The molecule has 7 nitrogen and oxygen atoms in total. The minimum absolute atomic E-state index is 0.0878. The number of rotatable bonds is 4. The van der Waals surface area contributed by atoms with Crippen molar-refractivity contribution in [1.82, 2.24) is 5.32 Å². The molecule has 1 saturated heterocycles. The standard InChI is InChI=1S/C18H17ClN4O3/c19-11-5-7-13(8-6-11)23-10-12(9-16(23)24)21-18(26)22-15-4-2-1-3-14(15)17(20)25/h1-8,12H,9-10H2,(H2,20,25)(H2,21,22,26). The number of benzene rings is 2. The zero-order valence-electron chi connectivity index (χ0n) is 13.7. The van der Waals surface area contributed by atoms with Crippen LogP contribution in [-0.4, -0.2) is 30.4 Å². The third kappa shape index (κ3) is 3.94. The van der Waals surface area contributed by atoms with Crippen molar-refractivity contribution in [2.24, 2.45) is 5.73 Å². The summed E-state index contributed by atoms with van der Waals surface area (Å²) in [7, 11) is 0. The average Bonchev–Trinajstić information content (AvgIpc) is 2.96. The second kappa shape index (κ2) is 7.45. The van der Waals surface area contributed by atoms with E-state index in [1.807, 2.05) is 0 Å². The van der Waals surface area contributed by atoms with Gasteiger partial charge in [0, 0.05) is 23.7 Å². The monoisotopic (exact) mass is 372 g/mol. The Labute approximate surface area is 155 Å². The molecule has 26 heavy (non-hydrogen) atoms. The summed E-state index contributed by atoms with van der Waals surface area (Å²) in [4.78, 5) is 37.4. The molecule has 1 fully saturated rings. The normalized spacial score (nSPS) is 16.4. The van der Waals surface area contributed by atoms with Crippen LogP contribution in [0.1, 0.15) is 16.8 Å². The van der Waals surface area contributed by atoms with Gasteiger partial charge in [-0.05, 0) is 36.4 Å². The second-order valence-electron chi connectivity index (χ2n) is 5.89.